The Balaban J connectivity index is 1.31. The molecule has 9 nitrogen and oxygen atoms in total. The SMILES string of the molecule is CCC(C)C(C(=O)Nc1cccc2c1CC(OC(=O)O)C2)c1ccc(CN2N=C(c3ccccc3)OCC2=O)cc1. The summed E-state index contributed by atoms with van der Waals surface area (Å²) in [5.41, 5.74) is 5.14. The highest BCUT2D eigenvalue weighted by atomic mass is 16.7. The summed E-state index contributed by atoms with van der Waals surface area (Å²) < 4.78 is 10.5. The van der Waals surface area contributed by atoms with Gasteiger partial charge in [0.2, 0.25) is 11.8 Å². The standard InChI is InChI=1S/C32H33N3O6/c1-3-20(2)29(30(37)33-27-11-7-10-24-16-25(17-26(24)27)41-32(38)39)22-14-12-21(13-15-22)18-35-28(36)19-40-31(34-35)23-8-5-4-6-9-23/h4-15,20,25,29H,3,16-19H2,1-2H3,(H,33,37)(H,38,39). The maximum absolute atomic E-state index is 13.7. The van der Waals surface area contributed by atoms with Crippen molar-refractivity contribution in [3.05, 3.63) is 101 Å². The molecule has 3 aromatic rings. The van der Waals surface area contributed by atoms with Crippen molar-refractivity contribution in [1.82, 2.24) is 5.01 Å². The minimum atomic E-state index is -1.30. The molecule has 1 aliphatic carbocycles. The number of fused-ring (bicyclic) bond motifs is 1. The van der Waals surface area contributed by atoms with Crippen LogP contribution in [0.4, 0.5) is 10.5 Å². The maximum atomic E-state index is 13.7. The number of rotatable bonds is 9. The van der Waals surface area contributed by atoms with Crippen molar-refractivity contribution in [1.29, 1.82) is 0 Å². The van der Waals surface area contributed by atoms with Gasteiger partial charge in [0, 0.05) is 24.1 Å². The molecule has 212 valence electrons. The highest BCUT2D eigenvalue weighted by molar-refractivity contribution is 5.98. The van der Waals surface area contributed by atoms with Gasteiger partial charge in [-0.3, -0.25) is 9.59 Å². The molecule has 1 aliphatic heterocycles. The van der Waals surface area contributed by atoms with Gasteiger partial charge in [0.1, 0.15) is 6.10 Å². The molecule has 0 aromatic heterocycles. The van der Waals surface area contributed by atoms with Crippen LogP contribution in [0.3, 0.4) is 0 Å². The average Bonchev–Trinajstić information content (AvgIpc) is 3.38. The predicted molar refractivity (Wildman–Crippen MR) is 153 cm³/mol. The fourth-order valence-corrected chi connectivity index (χ4v) is 5.39. The lowest BCUT2D eigenvalue weighted by molar-refractivity contribution is -0.136. The Morgan fingerprint density at radius 3 is 2.54 bits per heavy atom. The summed E-state index contributed by atoms with van der Waals surface area (Å²) >= 11 is 0. The fourth-order valence-electron chi connectivity index (χ4n) is 5.39. The van der Waals surface area contributed by atoms with Gasteiger partial charge in [0.25, 0.3) is 5.91 Å². The van der Waals surface area contributed by atoms with E-state index in [9.17, 15) is 14.4 Å². The van der Waals surface area contributed by atoms with Crippen LogP contribution in [0, 0.1) is 5.92 Å². The van der Waals surface area contributed by atoms with E-state index >= 15 is 0 Å². The molecule has 0 fully saturated rings. The summed E-state index contributed by atoms with van der Waals surface area (Å²) in [7, 11) is 0. The number of carbonyl (C=O) groups excluding carboxylic acids is 2. The maximum Gasteiger partial charge on any atom is 0.506 e. The van der Waals surface area contributed by atoms with E-state index in [0.717, 1.165) is 34.2 Å². The first-order valence-electron chi connectivity index (χ1n) is 13.8. The van der Waals surface area contributed by atoms with E-state index in [4.69, 9.17) is 14.6 Å². The molecule has 2 amide bonds. The molecular weight excluding hydrogens is 522 g/mol. The summed E-state index contributed by atoms with van der Waals surface area (Å²) in [6.45, 7) is 4.32. The van der Waals surface area contributed by atoms with Gasteiger partial charge in [-0.25, -0.2) is 9.80 Å². The van der Waals surface area contributed by atoms with Gasteiger partial charge in [0.15, 0.2) is 6.61 Å². The number of carboxylic acid groups (broad SMARTS) is 1. The second-order valence-electron chi connectivity index (χ2n) is 10.5. The van der Waals surface area contributed by atoms with Crippen molar-refractivity contribution in [3.8, 4) is 0 Å². The Morgan fingerprint density at radius 1 is 1.07 bits per heavy atom. The van der Waals surface area contributed by atoms with Crippen molar-refractivity contribution in [3.63, 3.8) is 0 Å². The Hall–Kier alpha value is -4.66. The molecule has 41 heavy (non-hydrogen) atoms. The third kappa shape index (κ3) is 6.40. The molecule has 5 rings (SSSR count). The molecule has 3 aromatic carbocycles. The number of carbonyl (C=O) groups is 3. The molecule has 0 saturated carbocycles. The van der Waals surface area contributed by atoms with Gasteiger partial charge in [-0.2, -0.15) is 0 Å². The first kappa shape index (κ1) is 27.9. The Kier molecular flexibility index (Phi) is 8.33. The predicted octanol–water partition coefficient (Wildman–Crippen LogP) is 5.34. The van der Waals surface area contributed by atoms with E-state index in [-0.39, 0.29) is 30.9 Å². The van der Waals surface area contributed by atoms with Crippen LogP contribution in [0.15, 0.2) is 77.9 Å². The van der Waals surface area contributed by atoms with Gasteiger partial charge >= 0.3 is 6.16 Å². The van der Waals surface area contributed by atoms with E-state index in [2.05, 4.69) is 24.3 Å². The number of anilines is 1. The lowest BCUT2D eigenvalue weighted by Gasteiger charge is -2.25. The van der Waals surface area contributed by atoms with E-state index < -0.39 is 18.2 Å². The first-order chi connectivity index (χ1) is 19.8. The quantitative estimate of drug-likeness (QED) is 0.344. The van der Waals surface area contributed by atoms with Crippen LogP contribution in [0.25, 0.3) is 0 Å². The molecule has 0 saturated heterocycles. The van der Waals surface area contributed by atoms with Crippen LogP contribution >= 0.6 is 0 Å². The zero-order chi connectivity index (χ0) is 28.9. The van der Waals surface area contributed by atoms with Crippen LogP contribution < -0.4 is 5.32 Å². The zero-order valence-electron chi connectivity index (χ0n) is 23.1. The molecule has 3 unspecified atom stereocenters. The molecule has 1 heterocycles. The number of hydrazone groups is 1. The molecule has 3 atom stereocenters. The minimum Gasteiger partial charge on any atom is -0.466 e. The molecule has 9 heteroatoms. The normalized spacial score (nSPS) is 17.6. The average molecular weight is 556 g/mol. The minimum absolute atomic E-state index is 0.0690. The Bertz CT molecular complexity index is 1450. The number of benzene rings is 3. The number of hydrogen-bond acceptors (Lipinski definition) is 6. The van der Waals surface area contributed by atoms with Gasteiger partial charge in [-0.1, -0.05) is 74.9 Å². The lowest BCUT2D eigenvalue weighted by Crippen LogP contribution is -2.36. The summed E-state index contributed by atoms with van der Waals surface area (Å²) in [6, 6.07) is 22.8. The lowest BCUT2D eigenvalue weighted by atomic mass is 9.84. The van der Waals surface area contributed by atoms with E-state index in [1.54, 1.807) is 0 Å². The topological polar surface area (TPSA) is 118 Å². The molecule has 0 spiro atoms. The summed E-state index contributed by atoms with van der Waals surface area (Å²) in [4.78, 5) is 37.2. The van der Waals surface area contributed by atoms with Crippen LogP contribution in [0.1, 0.15) is 54.0 Å². The number of nitrogens with zero attached hydrogens (tertiary/aromatic N) is 2. The van der Waals surface area contributed by atoms with E-state index in [1.807, 2.05) is 72.8 Å². The van der Waals surface area contributed by atoms with Crippen LogP contribution in [-0.2, 0) is 38.4 Å². The largest absolute Gasteiger partial charge is 0.506 e. The number of amides is 2. The van der Waals surface area contributed by atoms with Crippen LogP contribution in [0.2, 0.25) is 0 Å². The highest BCUT2D eigenvalue weighted by Crippen LogP contribution is 2.33. The van der Waals surface area contributed by atoms with Crippen LogP contribution in [0.5, 0.6) is 0 Å². The molecule has 2 aliphatic rings. The first-order valence-corrected chi connectivity index (χ1v) is 13.8. The second-order valence-corrected chi connectivity index (χ2v) is 10.5. The third-order valence-corrected chi connectivity index (χ3v) is 7.70. The monoisotopic (exact) mass is 555 g/mol. The second kappa shape index (κ2) is 12.2. The van der Waals surface area contributed by atoms with E-state index in [1.165, 1.54) is 5.01 Å². The van der Waals surface area contributed by atoms with Crippen molar-refractivity contribution in [2.45, 2.75) is 51.7 Å². The number of nitrogens with one attached hydrogen (secondary N) is 1. The van der Waals surface area contributed by atoms with Gasteiger partial charge < -0.3 is 19.9 Å². The van der Waals surface area contributed by atoms with Crippen LogP contribution in [-0.4, -0.2) is 46.7 Å². The van der Waals surface area contributed by atoms with E-state index in [0.29, 0.717) is 24.4 Å². The van der Waals surface area contributed by atoms with Gasteiger partial charge in [-0.05, 0) is 46.4 Å². The van der Waals surface area contributed by atoms with Crippen molar-refractivity contribution < 1.29 is 29.0 Å². The molecule has 0 radical (unpaired) electrons. The third-order valence-electron chi connectivity index (χ3n) is 7.70. The Morgan fingerprint density at radius 2 is 1.83 bits per heavy atom. The summed E-state index contributed by atoms with van der Waals surface area (Å²) in [6.07, 6.45) is -0.0276. The molecule has 2 N–H and O–H groups in total. The summed E-state index contributed by atoms with van der Waals surface area (Å²) in [5, 5.41) is 18.0. The van der Waals surface area contributed by atoms with Gasteiger partial charge in [0.05, 0.1) is 12.5 Å². The summed E-state index contributed by atoms with van der Waals surface area (Å²) in [5.74, 6) is -0.270. The highest BCUT2D eigenvalue weighted by Gasteiger charge is 2.30. The Labute approximate surface area is 238 Å². The van der Waals surface area contributed by atoms with Gasteiger partial charge in [-0.15, -0.1) is 5.10 Å². The van der Waals surface area contributed by atoms with Crippen molar-refractivity contribution in [2.24, 2.45) is 11.0 Å². The van der Waals surface area contributed by atoms with Crippen molar-refractivity contribution in [2.75, 3.05) is 11.9 Å². The zero-order valence-corrected chi connectivity index (χ0v) is 23.1. The molecule has 0 bridgehead atoms. The fraction of sp³-hybridized carbons (Fsp3) is 0.312. The number of hydrogen-bond donors (Lipinski definition) is 2. The van der Waals surface area contributed by atoms with Crippen molar-refractivity contribution >= 4 is 29.6 Å². The number of ether oxygens (including phenoxy) is 2. The molecular formula is C32H33N3O6. The smallest absolute Gasteiger partial charge is 0.466 e.